The van der Waals surface area contributed by atoms with E-state index in [0.29, 0.717) is 24.5 Å². The number of nitrogens with one attached hydrogen (secondary N) is 1. The number of carbonyl (C=O) groups excluding carboxylic acids is 2. The lowest BCUT2D eigenvalue weighted by Gasteiger charge is -2.40. The van der Waals surface area contributed by atoms with E-state index < -0.39 is 0 Å². The van der Waals surface area contributed by atoms with Crippen molar-refractivity contribution in [3.05, 3.63) is 94.7 Å². The monoisotopic (exact) mass is 597 g/mol. The highest BCUT2D eigenvalue weighted by Crippen LogP contribution is 2.48. The Hall–Kier alpha value is -3.97. The minimum Gasteiger partial charge on any atom is -0.378 e. The van der Waals surface area contributed by atoms with Crippen LogP contribution in [-0.4, -0.2) is 63.4 Å². The molecule has 1 saturated heterocycles. The first kappa shape index (κ1) is 29.1. The van der Waals surface area contributed by atoms with Gasteiger partial charge < -0.3 is 24.9 Å². The van der Waals surface area contributed by atoms with E-state index in [0.717, 1.165) is 59.1 Å². The first-order valence-corrected chi connectivity index (χ1v) is 15.4. The van der Waals surface area contributed by atoms with Gasteiger partial charge in [-0.3, -0.25) is 9.59 Å². The van der Waals surface area contributed by atoms with Crippen molar-refractivity contribution in [2.75, 3.05) is 66.8 Å². The fourth-order valence-corrected chi connectivity index (χ4v) is 6.77. The average Bonchev–Trinajstić information content (AvgIpc) is 3.11. The molecule has 0 radical (unpaired) electrons. The normalized spacial score (nSPS) is 19.8. The number of benzene rings is 3. The molecule has 2 aliphatic heterocycles. The van der Waals surface area contributed by atoms with Crippen molar-refractivity contribution in [2.24, 2.45) is 5.41 Å². The van der Waals surface area contributed by atoms with Crippen molar-refractivity contribution in [3.63, 3.8) is 0 Å². The molecular formula is C35H40ClN5O2. The zero-order valence-corrected chi connectivity index (χ0v) is 26.2. The highest BCUT2D eigenvalue weighted by molar-refractivity contribution is 6.30. The molecule has 0 aromatic heterocycles. The molecular weight excluding hydrogens is 558 g/mol. The third kappa shape index (κ3) is 5.96. The molecule has 1 amide bonds. The molecule has 0 spiro atoms. The number of para-hydroxylation sites is 2. The molecule has 0 saturated carbocycles. The van der Waals surface area contributed by atoms with Gasteiger partial charge >= 0.3 is 0 Å². The second kappa shape index (κ2) is 11.6. The predicted octanol–water partition coefficient (Wildman–Crippen LogP) is 6.37. The first-order valence-electron chi connectivity index (χ1n) is 15.0. The van der Waals surface area contributed by atoms with Gasteiger partial charge in [-0.2, -0.15) is 0 Å². The number of hydrogen-bond acceptors (Lipinski definition) is 6. The van der Waals surface area contributed by atoms with E-state index in [2.05, 4.69) is 64.2 Å². The van der Waals surface area contributed by atoms with Crippen LogP contribution in [0.4, 0.5) is 22.7 Å². The number of fused-ring (bicyclic) bond motifs is 1. The molecule has 0 bridgehead atoms. The maximum atomic E-state index is 14.1. The van der Waals surface area contributed by atoms with E-state index in [1.54, 1.807) is 0 Å². The molecule has 6 rings (SSSR count). The molecule has 3 aromatic carbocycles. The van der Waals surface area contributed by atoms with E-state index in [1.807, 2.05) is 61.5 Å². The number of nitrogens with zero attached hydrogens (tertiary/aromatic N) is 4. The number of amides is 1. The fraction of sp³-hybridized carbons (Fsp3) is 0.371. The molecule has 1 atom stereocenters. The summed E-state index contributed by atoms with van der Waals surface area (Å²) in [5.41, 5.74) is 6.64. The van der Waals surface area contributed by atoms with Gasteiger partial charge in [-0.1, -0.05) is 49.7 Å². The first-order chi connectivity index (χ1) is 20.6. The van der Waals surface area contributed by atoms with Crippen LogP contribution in [0.3, 0.4) is 0 Å². The van der Waals surface area contributed by atoms with Crippen LogP contribution in [0.1, 0.15) is 38.3 Å². The summed E-state index contributed by atoms with van der Waals surface area (Å²) in [6.45, 7) is 7.26. The zero-order valence-electron chi connectivity index (χ0n) is 25.4. The minimum absolute atomic E-state index is 0.0631. The van der Waals surface area contributed by atoms with Gasteiger partial charge in [-0.05, 0) is 65.9 Å². The molecule has 3 aliphatic rings. The third-order valence-corrected chi connectivity index (χ3v) is 9.11. The average molecular weight is 598 g/mol. The number of Topliss-reactive ketones (excluding diaryl/α,β-unsaturated/α-hetero) is 1. The lowest BCUT2D eigenvalue weighted by atomic mass is 9.73. The summed E-state index contributed by atoms with van der Waals surface area (Å²) in [5.74, 6) is 0.204. The Balaban J connectivity index is 1.35. The van der Waals surface area contributed by atoms with Gasteiger partial charge in [0.15, 0.2) is 5.78 Å². The van der Waals surface area contributed by atoms with Crippen molar-refractivity contribution in [2.45, 2.75) is 32.7 Å². The molecule has 8 heteroatoms. The molecule has 7 nitrogen and oxygen atoms in total. The number of halogens is 1. The minimum atomic E-state index is -0.384. The van der Waals surface area contributed by atoms with Crippen LogP contribution in [0.25, 0.3) is 0 Å². The van der Waals surface area contributed by atoms with Crippen molar-refractivity contribution < 1.29 is 9.59 Å². The third-order valence-electron chi connectivity index (χ3n) is 8.86. The van der Waals surface area contributed by atoms with Crippen molar-refractivity contribution in [3.8, 4) is 0 Å². The molecule has 2 heterocycles. The highest BCUT2D eigenvalue weighted by atomic mass is 35.5. The van der Waals surface area contributed by atoms with Crippen LogP contribution in [0.15, 0.2) is 84.1 Å². The van der Waals surface area contributed by atoms with Gasteiger partial charge in [0.05, 0.1) is 24.0 Å². The van der Waals surface area contributed by atoms with E-state index in [1.165, 1.54) is 0 Å². The molecule has 1 unspecified atom stereocenters. The van der Waals surface area contributed by atoms with Crippen LogP contribution in [0.2, 0.25) is 5.02 Å². The Kier molecular flexibility index (Phi) is 7.86. The van der Waals surface area contributed by atoms with Gasteiger partial charge in [-0.25, -0.2) is 0 Å². The Morgan fingerprint density at radius 1 is 0.930 bits per heavy atom. The Morgan fingerprint density at radius 3 is 2.28 bits per heavy atom. The molecule has 224 valence electrons. The number of allylic oxidation sites excluding steroid dienone is 1. The number of carbonyl (C=O) groups is 2. The smallest absolute Gasteiger partial charge is 0.242 e. The van der Waals surface area contributed by atoms with Crippen LogP contribution >= 0.6 is 11.6 Å². The Labute approximate surface area is 259 Å². The summed E-state index contributed by atoms with van der Waals surface area (Å²) in [6, 6.07) is 24.0. The van der Waals surface area contributed by atoms with Crippen LogP contribution in [0.5, 0.6) is 0 Å². The fourth-order valence-electron chi connectivity index (χ4n) is 6.64. The summed E-state index contributed by atoms with van der Waals surface area (Å²) in [5, 5.41) is 4.37. The lowest BCUT2D eigenvalue weighted by Crippen LogP contribution is -2.52. The Morgan fingerprint density at radius 2 is 1.60 bits per heavy atom. The largest absolute Gasteiger partial charge is 0.378 e. The predicted molar refractivity (Wildman–Crippen MR) is 176 cm³/mol. The van der Waals surface area contributed by atoms with Gasteiger partial charge in [-0.15, -0.1) is 0 Å². The molecule has 43 heavy (non-hydrogen) atoms. The Bertz CT molecular complexity index is 1540. The van der Waals surface area contributed by atoms with Gasteiger partial charge in [0.2, 0.25) is 5.91 Å². The number of ketones is 1. The van der Waals surface area contributed by atoms with Gasteiger partial charge in [0.1, 0.15) is 0 Å². The van der Waals surface area contributed by atoms with E-state index in [-0.39, 0.29) is 29.7 Å². The summed E-state index contributed by atoms with van der Waals surface area (Å²) in [6.07, 6.45) is 1.24. The van der Waals surface area contributed by atoms with Gasteiger partial charge in [0, 0.05) is 74.4 Å². The summed E-state index contributed by atoms with van der Waals surface area (Å²) < 4.78 is 0. The van der Waals surface area contributed by atoms with Crippen LogP contribution < -0.4 is 20.0 Å². The molecule has 1 fully saturated rings. The summed E-state index contributed by atoms with van der Waals surface area (Å²) >= 11 is 6.09. The maximum absolute atomic E-state index is 14.1. The topological polar surface area (TPSA) is 59.1 Å². The maximum Gasteiger partial charge on any atom is 0.242 e. The van der Waals surface area contributed by atoms with Gasteiger partial charge in [0.25, 0.3) is 0 Å². The highest BCUT2D eigenvalue weighted by Gasteiger charge is 2.42. The number of piperazine rings is 1. The van der Waals surface area contributed by atoms with Crippen molar-refractivity contribution in [1.29, 1.82) is 0 Å². The van der Waals surface area contributed by atoms with Crippen molar-refractivity contribution in [1.82, 2.24) is 4.90 Å². The summed E-state index contributed by atoms with van der Waals surface area (Å²) in [7, 11) is 4.04. The number of hydrogen-bond donors (Lipinski definition) is 1. The second-order valence-corrected chi connectivity index (χ2v) is 13.3. The second-order valence-electron chi connectivity index (χ2n) is 12.8. The molecule has 1 N–H and O–H groups in total. The van der Waals surface area contributed by atoms with Crippen LogP contribution in [-0.2, 0) is 9.59 Å². The lowest BCUT2D eigenvalue weighted by molar-refractivity contribution is -0.130. The molecule has 1 aliphatic carbocycles. The van der Waals surface area contributed by atoms with E-state index in [4.69, 9.17) is 11.6 Å². The standard InChI is InChI=1S/C35H40ClN5O2/c1-35(2)21-29-33(31(42)22-35)34(24-9-13-26(14-10-24)38(3)4)41(30-8-6-5-7-28(30)37-29)23-32(43)40-19-17-39(18-20-40)27-15-11-25(36)12-16-27/h5-16,34,37H,17-23H2,1-4H3. The zero-order chi connectivity index (χ0) is 30.3. The SMILES string of the molecule is CN(C)c1ccc(C2C3=C(CC(C)(C)CC3=O)Nc3ccccc3N2CC(=O)N2CCN(c3ccc(Cl)cc3)CC2)cc1. The number of rotatable bonds is 5. The number of anilines is 4. The van der Waals surface area contributed by atoms with E-state index >= 15 is 0 Å². The van der Waals surface area contributed by atoms with Crippen molar-refractivity contribution >= 4 is 46.0 Å². The van der Waals surface area contributed by atoms with Crippen LogP contribution in [0, 0.1) is 5.41 Å². The van der Waals surface area contributed by atoms with E-state index in [9.17, 15) is 9.59 Å². The quantitative estimate of drug-likeness (QED) is 0.369. The summed E-state index contributed by atoms with van der Waals surface area (Å²) in [4.78, 5) is 36.5. The molecule has 3 aromatic rings.